The van der Waals surface area contributed by atoms with Crippen molar-refractivity contribution in [2.24, 2.45) is 5.41 Å². The Morgan fingerprint density at radius 3 is 2.33 bits per heavy atom. The van der Waals surface area contributed by atoms with E-state index in [9.17, 15) is 5.11 Å². The second-order valence-electron chi connectivity index (χ2n) is 5.58. The summed E-state index contributed by atoms with van der Waals surface area (Å²) in [7, 11) is 0. The van der Waals surface area contributed by atoms with E-state index in [0.29, 0.717) is 6.54 Å². The summed E-state index contributed by atoms with van der Waals surface area (Å²) in [5.74, 6) is 0. The molecule has 0 saturated heterocycles. The Morgan fingerprint density at radius 1 is 1.22 bits per heavy atom. The van der Waals surface area contributed by atoms with Gasteiger partial charge in [0.05, 0.1) is 12.7 Å². The zero-order valence-corrected chi connectivity index (χ0v) is 11.6. The first-order valence-corrected chi connectivity index (χ1v) is 6.51. The van der Waals surface area contributed by atoms with E-state index in [2.05, 4.69) is 17.0 Å². The SMILES string of the molecule is CC(O)C(C)(C)CN(CCO)Cc1ccccc1. The van der Waals surface area contributed by atoms with Crippen LogP contribution in [0.15, 0.2) is 30.3 Å². The van der Waals surface area contributed by atoms with E-state index in [-0.39, 0.29) is 18.1 Å². The summed E-state index contributed by atoms with van der Waals surface area (Å²) in [5.41, 5.74) is 1.05. The molecule has 1 unspecified atom stereocenters. The average molecular weight is 251 g/mol. The van der Waals surface area contributed by atoms with Gasteiger partial charge in [-0.05, 0) is 12.5 Å². The van der Waals surface area contributed by atoms with Gasteiger partial charge < -0.3 is 10.2 Å². The second kappa shape index (κ2) is 6.88. The maximum Gasteiger partial charge on any atom is 0.0575 e. The van der Waals surface area contributed by atoms with Crippen LogP contribution in [0.25, 0.3) is 0 Å². The van der Waals surface area contributed by atoms with Gasteiger partial charge in [-0.1, -0.05) is 44.2 Å². The van der Waals surface area contributed by atoms with Gasteiger partial charge in [0.2, 0.25) is 0 Å². The van der Waals surface area contributed by atoms with Crippen LogP contribution < -0.4 is 0 Å². The predicted molar refractivity (Wildman–Crippen MR) is 74.3 cm³/mol. The summed E-state index contributed by atoms with van der Waals surface area (Å²) in [6.07, 6.45) is -0.366. The Kier molecular flexibility index (Phi) is 5.79. The second-order valence-corrected chi connectivity index (χ2v) is 5.58. The highest BCUT2D eigenvalue weighted by Gasteiger charge is 2.26. The lowest BCUT2D eigenvalue weighted by Gasteiger charge is -2.34. The van der Waals surface area contributed by atoms with Crippen LogP contribution in [-0.2, 0) is 6.54 Å². The van der Waals surface area contributed by atoms with Crippen molar-refractivity contribution >= 4 is 0 Å². The smallest absolute Gasteiger partial charge is 0.0575 e. The minimum absolute atomic E-state index is 0.142. The van der Waals surface area contributed by atoms with E-state index < -0.39 is 0 Å². The minimum Gasteiger partial charge on any atom is -0.395 e. The Labute approximate surface area is 110 Å². The highest BCUT2D eigenvalue weighted by atomic mass is 16.3. The molecule has 102 valence electrons. The van der Waals surface area contributed by atoms with E-state index >= 15 is 0 Å². The number of aliphatic hydroxyl groups excluding tert-OH is 2. The van der Waals surface area contributed by atoms with Gasteiger partial charge in [-0.3, -0.25) is 4.90 Å². The molecule has 0 heterocycles. The van der Waals surface area contributed by atoms with Crippen molar-refractivity contribution in [3.8, 4) is 0 Å². The van der Waals surface area contributed by atoms with Crippen molar-refractivity contribution in [3.05, 3.63) is 35.9 Å². The van der Waals surface area contributed by atoms with Gasteiger partial charge in [0.1, 0.15) is 0 Å². The Balaban J connectivity index is 2.66. The molecule has 1 atom stereocenters. The maximum absolute atomic E-state index is 9.77. The van der Waals surface area contributed by atoms with Gasteiger partial charge in [-0.15, -0.1) is 0 Å². The topological polar surface area (TPSA) is 43.7 Å². The summed E-state index contributed by atoms with van der Waals surface area (Å²) in [5, 5.41) is 18.9. The number of rotatable bonds is 7. The molecule has 0 aromatic heterocycles. The molecule has 1 aromatic rings. The maximum atomic E-state index is 9.77. The van der Waals surface area contributed by atoms with Crippen LogP contribution in [0.1, 0.15) is 26.3 Å². The average Bonchev–Trinajstić information content (AvgIpc) is 2.30. The number of aliphatic hydroxyl groups is 2. The quantitative estimate of drug-likeness (QED) is 0.778. The zero-order valence-electron chi connectivity index (χ0n) is 11.6. The van der Waals surface area contributed by atoms with Crippen LogP contribution in [0.2, 0.25) is 0 Å². The Morgan fingerprint density at radius 2 is 1.83 bits per heavy atom. The molecule has 0 aliphatic carbocycles. The largest absolute Gasteiger partial charge is 0.395 e. The first kappa shape index (κ1) is 15.2. The number of hydrogen-bond donors (Lipinski definition) is 2. The molecule has 0 bridgehead atoms. The lowest BCUT2D eigenvalue weighted by molar-refractivity contribution is 0.0277. The van der Waals surface area contributed by atoms with Gasteiger partial charge >= 0.3 is 0 Å². The molecule has 0 fully saturated rings. The van der Waals surface area contributed by atoms with Crippen molar-refractivity contribution in [2.75, 3.05) is 19.7 Å². The zero-order chi connectivity index (χ0) is 13.6. The van der Waals surface area contributed by atoms with Crippen LogP contribution in [0, 0.1) is 5.41 Å². The molecule has 0 aliphatic rings. The number of benzene rings is 1. The fraction of sp³-hybridized carbons (Fsp3) is 0.600. The fourth-order valence-electron chi connectivity index (χ4n) is 1.91. The molecule has 2 N–H and O–H groups in total. The van der Waals surface area contributed by atoms with Gasteiger partial charge in [-0.2, -0.15) is 0 Å². The Hall–Kier alpha value is -0.900. The highest BCUT2D eigenvalue weighted by Crippen LogP contribution is 2.22. The highest BCUT2D eigenvalue weighted by molar-refractivity contribution is 5.14. The molecule has 0 saturated carbocycles. The molecular formula is C15H25NO2. The molecule has 18 heavy (non-hydrogen) atoms. The lowest BCUT2D eigenvalue weighted by atomic mass is 9.87. The van der Waals surface area contributed by atoms with Crippen LogP contribution in [0.3, 0.4) is 0 Å². The number of hydrogen-bond acceptors (Lipinski definition) is 3. The first-order valence-electron chi connectivity index (χ1n) is 6.51. The van der Waals surface area contributed by atoms with Crippen molar-refractivity contribution in [1.29, 1.82) is 0 Å². The van der Waals surface area contributed by atoms with Gasteiger partial charge in [-0.25, -0.2) is 0 Å². The van der Waals surface area contributed by atoms with Crippen molar-refractivity contribution < 1.29 is 10.2 Å². The third kappa shape index (κ3) is 4.77. The van der Waals surface area contributed by atoms with Crippen LogP contribution >= 0.6 is 0 Å². The molecule has 0 aliphatic heterocycles. The van der Waals surface area contributed by atoms with Gasteiger partial charge in [0.15, 0.2) is 0 Å². The summed E-state index contributed by atoms with van der Waals surface area (Å²) in [4.78, 5) is 2.18. The molecular weight excluding hydrogens is 226 g/mol. The van der Waals surface area contributed by atoms with Gasteiger partial charge in [0, 0.05) is 25.0 Å². The molecule has 3 nitrogen and oxygen atoms in total. The van der Waals surface area contributed by atoms with E-state index in [4.69, 9.17) is 5.11 Å². The summed E-state index contributed by atoms with van der Waals surface area (Å²) in [6.45, 7) is 8.26. The summed E-state index contributed by atoms with van der Waals surface area (Å²) in [6, 6.07) is 10.2. The molecule has 1 rings (SSSR count). The van der Waals surface area contributed by atoms with Crippen molar-refractivity contribution in [2.45, 2.75) is 33.4 Å². The van der Waals surface area contributed by atoms with E-state index in [1.807, 2.05) is 39.0 Å². The fourth-order valence-corrected chi connectivity index (χ4v) is 1.91. The van der Waals surface area contributed by atoms with Crippen LogP contribution in [0.4, 0.5) is 0 Å². The third-order valence-corrected chi connectivity index (χ3v) is 3.43. The monoisotopic (exact) mass is 251 g/mol. The standard InChI is InChI=1S/C15H25NO2/c1-13(18)15(2,3)12-16(9-10-17)11-14-7-5-4-6-8-14/h4-8,13,17-18H,9-12H2,1-3H3. The molecule has 3 heteroatoms. The van der Waals surface area contributed by atoms with Crippen LogP contribution in [-0.4, -0.2) is 40.9 Å². The number of nitrogens with zero attached hydrogens (tertiary/aromatic N) is 1. The molecule has 0 spiro atoms. The summed E-state index contributed by atoms with van der Waals surface area (Å²) >= 11 is 0. The third-order valence-electron chi connectivity index (χ3n) is 3.43. The van der Waals surface area contributed by atoms with Crippen molar-refractivity contribution in [3.63, 3.8) is 0 Å². The normalized spacial score (nSPS) is 13.9. The molecule has 1 aromatic carbocycles. The lowest BCUT2D eigenvalue weighted by Crippen LogP contribution is -2.41. The summed E-state index contributed by atoms with van der Waals surface area (Å²) < 4.78 is 0. The van der Waals surface area contributed by atoms with Crippen molar-refractivity contribution in [1.82, 2.24) is 4.90 Å². The predicted octanol–water partition coefficient (Wildman–Crippen LogP) is 1.89. The molecule has 0 amide bonds. The van der Waals surface area contributed by atoms with E-state index in [1.165, 1.54) is 5.56 Å². The van der Waals surface area contributed by atoms with E-state index in [0.717, 1.165) is 13.1 Å². The van der Waals surface area contributed by atoms with E-state index in [1.54, 1.807) is 0 Å². The minimum atomic E-state index is -0.366. The molecule has 0 radical (unpaired) electrons. The Bertz CT molecular complexity index is 336. The van der Waals surface area contributed by atoms with Crippen LogP contribution in [0.5, 0.6) is 0 Å². The van der Waals surface area contributed by atoms with Gasteiger partial charge in [0.25, 0.3) is 0 Å². The first-order chi connectivity index (χ1) is 8.45.